The summed E-state index contributed by atoms with van der Waals surface area (Å²) in [5, 5.41) is 0. The van der Waals surface area contributed by atoms with Crippen molar-refractivity contribution in [3.63, 3.8) is 0 Å². The molecule has 1 aliphatic heterocycles. The molecule has 86 valence electrons. The van der Waals surface area contributed by atoms with Crippen molar-refractivity contribution >= 4 is 6.09 Å². The third-order valence-corrected chi connectivity index (χ3v) is 3.00. The molecule has 0 unspecified atom stereocenters. The van der Waals surface area contributed by atoms with Gasteiger partial charge in [0.2, 0.25) is 0 Å². The Morgan fingerprint density at radius 3 is 2.38 bits per heavy atom. The zero-order valence-electron chi connectivity index (χ0n) is 9.88. The summed E-state index contributed by atoms with van der Waals surface area (Å²) in [6.45, 7) is 6.04. The molecule has 1 aromatic carbocycles. The number of hydrogen-bond donors (Lipinski definition) is 0. The van der Waals surface area contributed by atoms with Gasteiger partial charge >= 0.3 is 6.09 Å². The van der Waals surface area contributed by atoms with Crippen molar-refractivity contribution in [2.75, 3.05) is 0 Å². The highest BCUT2D eigenvalue weighted by molar-refractivity contribution is 5.71. The highest BCUT2D eigenvalue weighted by Gasteiger charge is 2.40. The van der Waals surface area contributed by atoms with Crippen LogP contribution in [0.15, 0.2) is 30.3 Å². The Balaban J connectivity index is 2.24. The molecule has 3 heteroatoms. The second-order valence-corrected chi connectivity index (χ2v) is 4.46. The summed E-state index contributed by atoms with van der Waals surface area (Å²) in [4.78, 5) is 13.5. The Bertz CT molecular complexity index is 375. The molecule has 1 aromatic rings. The quantitative estimate of drug-likeness (QED) is 0.765. The zero-order valence-corrected chi connectivity index (χ0v) is 9.88. The number of amides is 1. The third-order valence-electron chi connectivity index (χ3n) is 3.00. The fraction of sp³-hybridized carbons (Fsp3) is 0.462. The summed E-state index contributed by atoms with van der Waals surface area (Å²) in [5.41, 5.74) is 1.06. The highest BCUT2D eigenvalue weighted by Crippen LogP contribution is 2.33. The molecule has 0 N–H and O–H groups in total. The van der Waals surface area contributed by atoms with Crippen molar-refractivity contribution in [2.45, 2.75) is 39.0 Å². The van der Waals surface area contributed by atoms with Gasteiger partial charge in [0.1, 0.15) is 6.10 Å². The number of benzene rings is 1. The van der Waals surface area contributed by atoms with E-state index in [2.05, 4.69) is 0 Å². The minimum Gasteiger partial charge on any atom is -0.439 e. The molecule has 0 saturated carbocycles. The van der Waals surface area contributed by atoms with Gasteiger partial charge in [0.15, 0.2) is 0 Å². The van der Waals surface area contributed by atoms with Crippen LogP contribution < -0.4 is 0 Å². The van der Waals surface area contributed by atoms with Gasteiger partial charge in [-0.05, 0) is 26.3 Å². The summed E-state index contributed by atoms with van der Waals surface area (Å²) in [5.74, 6) is 0. The topological polar surface area (TPSA) is 29.5 Å². The van der Waals surface area contributed by atoms with E-state index >= 15 is 0 Å². The third kappa shape index (κ3) is 1.77. The van der Waals surface area contributed by atoms with Crippen LogP contribution in [0.25, 0.3) is 0 Å². The van der Waals surface area contributed by atoms with E-state index < -0.39 is 0 Å². The lowest BCUT2D eigenvalue weighted by atomic mass is 10.0. The van der Waals surface area contributed by atoms with Crippen LogP contribution in [0.5, 0.6) is 0 Å². The average molecular weight is 219 g/mol. The maximum atomic E-state index is 11.7. The lowest BCUT2D eigenvalue weighted by Gasteiger charge is -2.24. The lowest BCUT2D eigenvalue weighted by molar-refractivity contribution is 0.129. The number of nitrogens with zero attached hydrogens (tertiary/aromatic N) is 1. The van der Waals surface area contributed by atoms with Crippen molar-refractivity contribution < 1.29 is 9.53 Å². The van der Waals surface area contributed by atoms with Gasteiger partial charge in [-0.3, -0.25) is 4.90 Å². The van der Waals surface area contributed by atoms with Gasteiger partial charge in [-0.15, -0.1) is 0 Å². The molecule has 0 spiro atoms. The van der Waals surface area contributed by atoms with Crippen LogP contribution in [0.1, 0.15) is 32.4 Å². The number of ether oxygens (including phenoxy) is 1. The number of hydrogen-bond acceptors (Lipinski definition) is 2. The molecule has 1 amide bonds. The van der Waals surface area contributed by atoms with Gasteiger partial charge in [0, 0.05) is 6.04 Å². The van der Waals surface area contributed by atoms with E-state index in [9.17, 15) is 4.79 Å². The Labute approximate surface area is 96.0 Å². The van der Waals surface area contributed by atoms with Crippen LogP contribution in [0, 0.1) is 0 Å². The molecule has 0 aromatic heterocycles. The van der Waals surface area contributed by atoms with E-state index in [1.165, 1.54) is 0 Å². The van der Waals surface area contributed by atoms with E-state index in [1.54, 1.807) is 4.90 Å². The maximum absolute atomic E-state index is 11.7. The van der Waals surface area contributed by atoms with Crippen molar-refractivity contribution in [3.05, 3.63) is 35.9 Å². The van der Waals surface area contributed by atoms with Crippen LogP contribution in [-0.2, 0) is 4.74 Å². The SMILES string of the molecule is CC(C)N1C(=O)O[C@H](c2ccccc2)[C@H]1C. The van der Waals surface area contributed by atoms with Crippen molar-refractivity contribution in [2.24, 2.45) is 0 Å². The molecule has 1 heterocycles. The summed E-state index contributed by atoms with van der Waals surface area (Å²) in [7, 11) is 0. The number of carbonyl (C=O) groups excluding carboxylic acids is 1. The first-order chi connectivity index (χ1) is 7.61. The lowest BCUT2D eigenvalue weighted by Crippen LogP contribution is -2.37. The largest absolute Gasteiger partial charge is 0.439 e. The average Bonchev–Trinajstić information content (AvgIpc) is 2.55. The molecule has 16 heavy (non-hydrogen) atoms. The van der Waals surface area contributed by atoms with Gasteiger partial charge in [-0.2, -0.15) is 0 Å². The second kappa shape index (κ2) is 4.16. The molecule has 1 aliphatic rings. The monoisotopic (exact) mass is 219 g/mol. The molecule has 0 bridgehead atoms. The van der Waals surface area contributed by atoms with E-state index in [0.717, 1.165) is 5.56 Å². The molecule has 1 saturated heterocycles. The van der Waals surface area contributed by atoms with Crippen LogP contribution in [0.3, 0.4) is 0 Å². The van der Waals surface area contributed by atoms with Crippen LogP contribution in [-0.4, -0.2) is 23.1 Å². The maximum Gasteiger partial charge on any atom is 0.411 e. The first kappa shape index (κ1) is 11.0. The Morgan fingerprint density at radius 1 is 1.25 bits per heavy atom. The molecular formula is C13H17NO2. The minimum atomic E-state index is -0.212. The van der Waals surface area contributed by atoms with Crippen LogP contribution in [0.2, 0.25) is 0 Å². The van der Waals surface area contributed by atoms with Gasteiger partial charge in [-0.25, -0.2) is 4.79 Å². The van der Waals surface area contributed by atoms with Crippen molar-refractivity contribution in [1.29, 1.82) is 0 Å². The fourth-order valence-corrected chi connectivity index (χ4v) is 2.25. The molecule has 0 radical (unpaired) electrons. The first-order valence-corrected chi connectivity index (χ1v) is 5.65. The molecule has 0 aliphatic carbocycles. The first-order valence-electron chi connectivity index (χ1n) is 5.65. The Hall–Kier alpha value is -1.51. The Morgan fingerprint density at radius 2 is 1.88 bits per heavy atom. The molecule has 2 rings (SSSR count). The van der Waals surface area contributed by atoms with Crippen LogP contribution >= 0.6 is 0 Å². The Kier molecular flexibility index (Phi) is 2.86. The van der Waals surface area contributed by atoms with E-state index in [1.807, 2.05) is 51.1 Å². The number of carbonyl (C=O) groups is 1. The van der Waals surface area contributed by atoms with E-state index in [0.29, 0.717) is 0 Å². The summed E-state index contributed by atoms with van der Waals surface area (Å²) < 4.78 is 5.42. The predicted octanol–water partition coefficient (Wildman–Crippen LogP) is 2.98. The summed E-state index contributed by atoms with van der Waals surface area (Å²) in [6.07, 6.45) is -0.354. The van der Waals surface area contributed by atoms with Crippen molar-refractivity contribution in [3.8, 4) is 0 Å². The predicted molar refractivity (Wildman–Crippen MR) is 62.1 cm³/mol. The van der Waals surface area contributed by atoms with E-state index in [4.69, 9.17) is 4.74 Å². The minimum absolute atomic E-state index is 0.0925. The smallest absolute Gasteiger partial charge is 0.411 e. The number of rotatable bonds is 2. The molecule has 2 atom stereocenters. The summed E-state index contributed by atoms with van der Waals surface area (Å²) >= 11 is 0. The standard InChI is InChI=1S/C13H17NO2/c1-9(2)14-10(3)12(16-13(14)15)11-7-5-4-6-8-11/h4-10,12H,1-3H3/t10-,12+/m1/s1. The second-order valence-electron chi connectivity index (χ2n) is 4.46. The molecular weight excluding hydrogens is 202 g/mol. The normalized spacial score (nSPS) is 25.0. The zero-order chi connectivity index (χ0) is 11.7. The molecule has 1 fully saturated rings. The highest BCUT2D eigenvalue weighted by atomic mass is 16.6. The molecule has 3 nitrogen and oxygen atoms in total. The van der Waals surface area contributed by atoms with Crippen molar-refractivity contribution in [1.82, 2.24) is 4.90 Å². The summed E-state index contributed by atoms with van der Waals surface area (Å²) in [6, 6.07) is 10.2. The van der Waals surface area contributed by atoms with E-state index in [-0.39, 0.29) is 24.3 Å². The fourth-order valence-electron chi connectivity index (χ4n) is 2.25. The van der Waals surface area contributed by atoms with Crippen LogP contribution in [0.4, 0.5) is 4.79 Å². The van der Waals surface area contributed by atoms with Gasteiger partial charge in [0.05, 0.1) is 6.04 Å². The number of cyclic esters (lactones) is 1. The van der Waals surface area contributed by atoms with Gasteiger partial charge in [-0.1, -0.05) is 30.3 Å². The van der Waals surface area contributed by atoms with Gasteiger partial charge in [0.25, 0.3) is 0 Å². The van der Waals surface area contributed by atoms with Gasteiger partial charge < -0.3 is 4.74 Å².